The maximum Gasteiger partial charge on any atom is 0.326 e. The molecule has 1 aromatic heterocycles. The van der Waals surface area contributed by atoms with Crippen LogP contribution in [0.15, 0.2) is 22.8 Å². The van der Waals surface area contributed by atoms with Gasteiger partial charge >= 0.3 is 5.97 Å². The number of carbonyl (C=O) groups excluding carboxylic acids is 2. The average molecular weight is 324 g/mol. The summed E-state index contributed by atoms with van der Waals surface area (Å²) in [6.45, 7) is 6.14. The summed E-state index contributed by atoms with van der Waals surface area (Å²) in [6, 6.07) is 2.19. The minimum absolute atomic E-state index is 0.00452. The first-order valence-electron chi connectivity index (χ1n) is 7.53. The topological polar surface area (TPSA) is 109 Å². The number of aliphatic carboxylic acids is 1. The molecule has 0 aromatic carbocycles. The van der Waals surface area contributed by atoms with Gasteiger partial charge in [0.25, 0.3) is 5.91 Å². The first kappa shape index (κ1) is 18.7. The molecule has 0 radical (unpaired) electrons. The summed E-state index contributed by atoms with van der Waals surface area (Å²) in [7, 11) is 0. The van der Waals surface area contributed by atoms with Crippen molar-refractivity contribution in [3.63, 3.8) is 0 Å². The fourth-order valence-corrected chi connectivity index (χ4v) is 1.89. The van der Waals surface area contributed by atoms with Gasteiger partial charge in [0.2, 0.25) is 5.91 Å². The summed E-state index contributed by atoms with van der Waals surface area (Å²) in [4.78, 5) is 34.6. The van der Waals surface area contributed by atoms with Crippen molar-refractivity contribution in [1.29, 1.82) is 0 Å². The van der Waals surface area contributed by atoms with E-state index in [9.17, 15) is 14.4 Å². The molecule has 7 heteroatoms. The van der Waals surface area contributed by atoms with Crippen molar-refractivity contribution < 1.29 is 23.9 Å². The third-order valence-corrected chi connectivity index (χ3v) is 3.20. The van der Waals surface area contributed by atoms with Gasteiger partial charge in [0.05, 0.1) is 6.26 Å². The number of amides is 2. The molecule has 1 heterocycles. The molecule has 0 saturated carbocycles. The SMILES string of the molecule is CC(C)(C)CCC(NC(=O)CCNC(=O)c1ccco1)C(=O)O. The molecule has 1 rings (SSSR count). The summed E-state index contributed by atoms with van der Waals surface area (Å²) in [6.07, 6.45) is 2.43. The van der Waals surface area contributed by atoms with E-state index in [2.05, 4.69) is 10.6 Å². The van der Waals surface area contributed by atoms with Crippen LogP contribution >= 0.6 is 0 Å². The van der Waals surface area contributed by atoms with Crippen LogP contribution in [0.25, 0.3) is 0 Å². The molecular weight excluding hydrogens is 300 g/mol. The Labute approximate surface area is 135 Å². The van der Waals surface area contributed by atoms with Gasteiger partial charge in [-0.2, -0.15) is 0 Å². The number of carboxylic acids is 1. The molecule has 3 N–H and O–H groups in total. The van der Waals surface area contributed by atoms with Gasteiger partial charge in [-0.15, -0.1) is 0 Å². The van der Waals surface area contributed by atoms with Crippen molar-refractivity contribution in [2.45, 2.75) is 46.1 Å². The number of hydrogen-bond donors (Lipinski definition) is 3. The van der Waals surface area contributed by atoms with Crippen LogP contribution in [0.1, 0.15) is 50.6 Å². The van der Waals surface area contributed by atoms with Crippen molar-refractivity contribution in [2.75, 3.05) is 6.54 Å². The molecule has 0 aliphatic heterocycles. The fraction of sp³-hybridized carbons (Fsp3) is 0.562. The van der Waals surface area contributed by atoms with E-state index < -0.39 is 23.8 Å². The van der Waals surface area contributed by atoms with Crippen molar-refractivity contribution in [3.05, 3.63) is 24.2 Å². The highest BCUT2D eigenvalue weighted by molar-refractivity contribution is 5.91. The monoisotopic (exact) mass is 324 g/mol. The van der Waals surface area contributed by atoms with Crippen LogP contribution in [0.4, 0.5) is 0 Å². The third-order valence-electron chi connectivity index (χ3n) is 3.20. The molecule has 128 valence electrons. The standard InChI is InChI=1S/C16H24N2O5/c1-16(2,3)8-6-11(15(21)22)18-13(19)7-9-17-14(20)12-5-4-10-23-12/h4-5,10-11H,6-9H2,1-3H3,(H,17,20)(H,18,19)(H,21,22). The van der Waals surface area contributed by atoms with Crippen LogP contribution in [-0.2, 0) is 9.59 Å². The van der Waals surface area contributed by atoms with E-state index in [4.69, 9.17) is 9.52 Å². The second-order valence-corrected chi connectivity index (χ2v) is 6.54. The molecular formula is C16H24N2O5. The predicted molar refractivity (Wildman–Crippen MR) is 83.9 cm³/mol. The first-order chi connectivity index (χ1) is 10.7. The summed E-state index contributed by atoms with van der Waals surface area (Å²) in [5.41, 5.74) is -0.00452. The summed E-state index contributed by atoms with van der Waals surface area (Å²) >= 11 is 0. The number of furan rings is 1. The lowest BCUT2D eigenvalue weighted by molar-refractivity contribution is -0.142. The summed E-state index contributed by atoms with van der Waals surface area (Å²) < 4.78 is 4.92. The molecule has 2 amide bonds. The van der Waals surface area contributed by atoms with Crippen molar-refractivity contribution >= 4 is 17.8 Å². The second-order valence-electron chi connectivity index (χ2n) is 6.54. The molecule has 7 nitrogen and oxygen atoms in total. The number of nitrogens with one attached hydrogen (secondary N) is 2. The number of carbonyl (C=O) groups is 3. The molecule has 1 aromatic rings. The quantitative estimate of drug-likeness (QED) is 0.675. The Hall–Kier alpha value is -2.31. The molecule has 0 aliphatic carbocycles. The smallest absolute Gasteiger partial charge is 0.326 e. The highest BCUT2D eigenvalue weighted by Gasteiger charge is 2.22. The minimum atomic E-state index is -1.05. The van der Waals surface area contributed by atoms with Crippen LogP contribution in [-0.4, -0.2) is 35.5 Å². The van der Waals surface area contributed by atoms with Crippen LogP contribution in [0, 0.1) is 5.41 Å². The zero-order valence-corrected chi connectivity index (χ0v) is 13.7. The zero-order valence-electron chi connectivity index (χ0n) is 13.7. The van der Waals surface area contributed by atoms with E-state index in [0.29, 0.717) is 12.8 Å². The predicted octanol–water partition coefficient (Wildman–Crippen LogP) is 1.80. The van der Waals surface area contributed by atoms with E-state index in [-0.39, 0.29) is 24.1 Å². The van der Waals surface area contributed by atoms with E-state index >= 15 is 0 Å². The Morgan fingerprint density at radius 2 is 2.00 bits per heavy atom. The van der Waals surface area contributed by atoms with Gasteiger partial charge < -0.3 is 20.2 Å². The van der Waals surface area contributed by atoms with E-state index in [1.165, 1.54) is 12.3 Å². The van der Waals surface area contributed by atoms with Crippen molar-refractivity contribution in [1.82, 2.24) is 10.6 Å². The van der Waals surface area contributed by atoms with E-state index in [1.807, 2.05) is 20.8 Å². The van der Waals surface area contributed by atoms with Gasteiger partial charge in [0.1, 0.15) is 6.04 Å². The van der Waals surface area contributed by atoms with Gasteiger partial charge in [-0.25, -0.2) is 4.79 Å². The molecule has 23 heavy (non-hydrogen) atoms. The second kappa shape index (κ2) is 8.36. The fourth-order valence-electron chi connectivity index (χ4n) is 1.89. The third kappa shape index (κ3) is 7.49. The largest absolute Gasteiger partial charge is 0.480 e. The molecule has 1 unspecified atom stereocenters. The molecule has 0 bridgehead atoms. The normalized spacial score (nSPS) is 12.5. The van der Waals surface area contributed by atoms with Gasteiger partial charge in [-0.05, 0) is 30.4 Å². The van der Waals surface area contributed by atoms with Crippen molar-refractivity contribution in [2.24, 2.45) is 5.41 Å². The zero-order chi connectivity index (χ0) is 17.5. The van der Waals surface area contributed by atoms with Gasteiger partial charge in [0, 0.05) is 13.0 Å². The highest BCUT2D eigenvalue weighted by atomic mass is 16.4. The van der Waals surface area contributed by atoms with Crippen LogP contribution in [0.5, 0.6) is 0 Å². The lowest BCUT2D eigenvalue weighted by atomic mass is 9.88. The lowest BCUT2D eigenvalue weighted by Crippen LogP contribution is -2.42. The Balaban J connectivity index is 2.35. The Kier molecular flexibility index (Phi) is 6.81. The first-order valence-corrected chi connectivity index (χ1v) is 7.53. The summed E-state index contributed by atoms with van der Waals surface area (Å²) in [5, 5.41) is 14.2. The molecule has 0 fully saturated rings. The average Bonchev–Trinajstić information content (AvgIpc) is 2.96. The van der Waals surface area contributed by atoms with E-state index in [1.54, 1.807) is 6.07 Å². The number of rotatable bonds is 8. The molecule has 0 aliphatic rings. The molecule has 1 atom stereocenters. The number of hydrogen-bond acceptors (Lipinski definition) is 4. The van der Waals surface area contributed by atoms with Gasteiger partial charge in [-0.1, -0.05) is 20.8 Å². The lowest BCUT2D eigenvalue weighted by Gasteiger charge is -2.21. The van der Waals surface area contributed by atoms with Crippen LogP contribution in [0.3, 0.4) is 0 Å². The van der Waals surface area contributed by atoms with Crippen LogP contribution < -0.4 is 10.6 Å². The molecule has 0 saturated heterocycles. The number of carboxylic acid groups (broad SMARTS) is 1. The maximum atomic E-state index is 11.8. The Bertz CT molecular complexity index is 531. The van der Waals surface area contributed by atoms with Crippen molar-refractivity contribution in [3.8, 4) is 0 Å². The van der Waals surface area contributed by atoms with E-state index in [0.717, 1.165) is 0 Å². The highest BCUT2D eigenvalue weighted by Crippen LogP contribution is 2.21. The Morgan fingerprint density at radius 1 is 1.30 bits per heavy atom. The van der Waals surface area contributed by atoms with Gasteiger partial charge in [0.15, 0.2) is 5.76 Å². The minimum Gasteiger partial charge on any atom is -0.480 e. The van der Waals surface area contributed by atoms with Gasteiger partial charge in [-0.3, -0.25) is 9.59 Å². The maximum absolute atomic E-state index is 11.8. The molecule has 0 spiro atoms. The Morgan fingerprint density at radius 3 is 2.52 bits per heavy atom. The van der Waals surface area contributed by atoms with Crippen LogP contribution in [0.2, 0.25) is 0 Å². The summed E-state index contributed by atoms with van der Waals surface area (Å²) in [5.74, 6) is -1.71.